The average Bonchev–Trinajstić information content (AvgIpc) is 3.09. The summed E-state index contributed by atoms with van der Waals surface area (Å²) in [5.41, 5.74) is 0. The zero-order valence-electron chi connectivity index (χ0n) is 15.3. The van der Waals surface area contributed by atoms with Crippen LogP contribution in [0.1, 0.15) is 33.1 Å². The number of aromatic nitrogens is 2. The predicted octanol–water partition coefficient (Wildman–Crippen LogP) is 0.949. The predicted molar refractivity (Wildman–Crippen MR) is 100 cm³/mol. The highest BCUT2D eigenvalue weighted by Crippen LogP contribution is 2.28. The highest BCUT2D eigenvalue weighted by Gasteiger charge is 2.24. The number of likely N-dealkylation sites (N-methyl/N-ethyl adjacent to an activating group) is 2. The van der Waals surface area contributed by atoms with Crippen LogP contribution in [0.2, 0.25) is 0 Å². The lowest BCUT2D eigenvalue weighted by atomic mass is 10.1. The zero-order valence-corrected chi connectivity index (χ0v) is 16.1. The van der Waals surface area contributed by atoms with Crippen molar-refractivity contribution >= 4 is 33.4 Å². The first-order chi connectivity index (χ1) is 12.0. The van der Waals surface area contributed by atoms with Gasteiger partial charge in [-0.15, -0.1) is 10.2 Å². The third-order valence-electron chi connectivity index (χ3n) is 4.31. The van der Waals surface area contributed by atoms with Gasteiger partial charge >= 0.3 is 0 Å². The van der Waals surface area contributed by atoms with Crippen LogP contribution in [0.4, 0.5) is 10.3 Å². The Kier molecular flexibility index (Phi) is 7.57. The third kappa shape index (κ3) is 5.64. The second-order valence-electron chi connectivity index (χ2n) is 6.10. The first-order valence-electron chi connectivity index (χ1n) is 8.89. The molecule has 1 aromatic heterocycles. The molecule has 2 rings (SSSR count). The van der Waals surface area contributed by atoms with Crippen molar-refractivity contribution in [2.75, 3.05) is 56.1 Å². The number of piperidine rings is 1. The lowest BCUT2D eigenvalue weighted by Gasteiger charge is -2.23. The van der Waals surface area contributed by atoms with Gasteiger partial charge < -0.3 is 15.1 Å². The SMILES string of the molecule is CCN(CC)CCNC(=O)CN(C)c1nnc(N2CCCCC2=O)s1. The van der Waals surface area contributed by atoms with E-state index in [1.54, 1.807) is 9.80 Å². The minimum Gasteiger partial charge on any atom is -0.353 e. The molecule has 1 fully saturated rings. The molecular weight excluding hydrogens is 340 g/mol. The van der Waals surface area contributed by atoms with Gasteiger partial charge in [-0.2, -0.15) is 0 Å². The molecule has 0 radical (unpaired) electrons. The maximum Gasteiger partial charge on any atom is 0.239 e. The number of hydrogen-bond acceptors (Lipinski definition) is 7. The molecule has 0 aliphatic carbocycles. The standard InChI is InChI=1S/C16H28N6O2S/c1-4-21(5-2)11-9-17-13(23)12-20(3)15-18-19-16(25-15)22-10-7-6-8-14(22)24/h4-12H2,1-3H3,(H,17,23). The molecule has 0 saturated carbocycles. The van der Waals surface area contributed by atoms with E-state index in [1.807, 2.05) is 7.05 Å². The number of nitrogens with one attached hydrogen (secondary N) is 1. The van der Waals surface area contributed by atoms with Crippen LogP contribution in [0.15, 0.2) is 0 Å². The molecular formula is C16H28N6O2S. The summed E-state index contributed by atoms with van der Waals surface area (Å²) in [6.07, 6.45) is 2.50. The van der Waals surface area contributed by atoms with Crippen molar-refractivity contribution in [3.05, 3.63) is 0 Å². The summed E-state index contributed by atoms with van der Waals surface area (Å²) in [7, 11) is 1.81. The number of nitrogens with zero attached hydrogens (tertiary/aromatic N) is 5. The van der Waals surface area contributed by atoms with Crippen molar-refractivity contribution in [1.29, 1.82) is 0 Å². The van der Waals surface area contributed by atoms with Gasteiger partial charge in [0.1, 0.15) is 0 Å². The van der Waals surface area contributed by atoms with Gasteiger partial charge in [-0.1, -0.05) is 25.2 Å². The molecule has 2 amide bonds. The van der Waals surface area contributed by atoms with Gasteiger partial charge in [0.05, 0.1) is 6.54 Å². The van der Waals surface area contributed by atoms with Crippen molar-refractivity contribution in [1.82, 2.24) is 20.4 Å². The molecule has 0 spiro atoms. The molecule has 140 valence electrons. The summed E-state index contributed by atoms with van der Waals surface area (Å²) in [6.45, 7) is 8.59. The van der Waals surface area contributed by atoms with E-state index in [0.29, 0.717) is 29.8 Å². The van der Waals surface area contributed by atoms with Crippen LogP contribution in [0.3, 0.4) is 0 Å². The van der Waals surface area contributed by atoms with E-state index in [-0.39, 0.29) is 18.4 Å². The molecule has 0 bridgehead atoms. The van der Waals surface area contributed by atoms with Crippen LogP contribution in [0, 0.1) is 0 Å². The fourth-order valence-electron chi connectivity index (χ4n) is 2.71. The molecule has 0 unspecified atom stereocenters. The molecule has 1 saturated heterocycles. The Morgan fingerprint density at radius 1 is 1.28 bits per heavy atom. The van der Waals surface area contributed by atoms with Crippen molar-refractivity contribution in [2.24, 2.45) is 0 Å². The van der Waals surface area contributed by atoms with E-state index in [2.05, 4.69) is 34.3 Å². The zero-order chi connectivity index (χ0) is 18.2. The van der Waals surface area contributed by atoms with Gasteiger partial charge in [0.2, 0.25) is 22.1 Å². The topological polar surface area (TPSA) is 81.7 Å². The lowest BCUT2D eigenvalue weighted by molar-refractivity contribution is -0.120. The number of anilines is 2. The number of carbonyl (C=O) groups is 2. The monoisotopic (exact) mass is 368 g/mol. The maximum atomic E-state index is 12.1. The molecule has 1 aromatic rings. The van der Waals surface area contributed by atoms with Crippen LogP contribution < -0.4 is 15.1 Å². The average molecular weight is 369 g/mol. The van der Waals surface area contributed by atoms with E-state index < -0.39 is 0 Å². The van der Waals surface area contributed by atoms with E-state index in [4.69, 9.17) is 0 Å². The fourth-order valence-corrected chi connectivity index (χ4v) is 3.56. The number of rotatable bonds is 9. The van der Waals surface area contributed by atoms with Gasteiger partial charge in [-0.3, -0.25) is 14.5 Å². The van der Waals surface area contributed by atoms with Crippen LogP contribution in [-0.2, 0) is 9.59 Å². The molecule has 0 aromatic carbocycles. The summed E-state index contributed by atoms with van der Waals surface area (Å²) in [5, 5.41) is 12.4. The molecule has 2 heterocycles. The van der Waals surface area contributed by atoms with E-state index >= 15 is 0 Å². The first kappa shape index (κ1) is 19.6. The molecule has 0 atom stereocenters. The molecule has 1 aliphatic rings. The van der Waals surface area contributed by atoms with Gasteiger partial charge in [0.15, 0.2) is 0 Å². The van der Waals surface area contributed by atoms with E-state index in [0.717, 1.165) is 32.5 Å². The Balaban J connectivity index is 1.81. The van der Waals surface area contributed by atoms with Crippen molar-refractivity contribution < 1.29 is 9.59 Å². The number of hydrogen-bond donors (Lipinski definition) is 1. The van der Waals surface area contributed by atoms with Gasteiger partial charge in [0, 0.05) is 33.1 Å². The van der Waals surface area contributed by atoms with Gasteiger partial charge in [0.25, 0.3) is 0 Å². The maximum absolute atomic E-state index is 12.1. The Morgan fingerprint density at radius 2 is 2.04 bits per heavy atom. The van der Waals surface area contributed by atoms with Crippen LogP contribution in [0.5, 0.6) is 0 Å². The highest BCUT2D eigenvalue weighted by atomic mass is 32.1. The Hall–Kier alpha value is -1.74. The minimum atomic E-state index is -0.0412. The van der Waals surface area contributed by atoms with Crippen LogP contribution >= 0.6 is 11.3 Å². The quantitative estimate of drug-likeness (QED) is 0.699. The Labute approximate surface area is 153 Å². The largest absolute Gasteiger partial charge is 0.353 e. The van der Waals surface area contributed by atoms with Gasteiger partial charge in [-0.25, -0.2) is 0 Å². The van der Waals surface area contributed by atoms with Crippen molar-refractivity contribution in [3.63, 3.8) is 0 Å². The third-order valence-corrected chi connectivity index (χ3v) is 5.37. The molecule has 1 aliphatic heterocycles. The normalized spacial score (nSPS) is 14.9. The van der Waals surface area contributed by atoms with E-state index in [9.17, 15) is 9.59 Å². The molecule has 1 N–H and O–H groups in total. The molecule has 25 heavy (non-hydrogen) atoms. The highest BCUT2D eigenvalue weighted by molar-refractivity contribution is 7.19. The first-order valence-corrected chi connectivity index (χ1v) is 9.70. The summed E-state index contributed by atoms with van der Waals surface area (Å²) in [6, 6.07) is 0. The second kappa shape index (κ2) is 9.67. The van der Waals surface area contributed by atoms with Gasteiger partial charge in [-0.05, 0) is 25.9 Å². The van der Waals surface area contributed by atoms with E-state index in [1.165, 1.54) is 11.3 Å². The summed E-state index contributed by atoms with van der Waals surface area (Å²) >= 11 is 1.35. The summed E-state index contributed by atoms with van der Waals surface area (Å²) < 4.78 is 0. The molecule has 8 nitrogen and oxygen atoms in total. The Bertz CT molecular complexity index is 575. The number of carbonyl (C=O) groups excluding carboxylic acids is 2. The van der Waals surface area contributed by atoms with Crippen molar-refractivity contribution in [3.8, 4) is 0 Å². The summed E-state index contributed by atoms with van der Waals surface area (Å²) in [5.74, 6) is 0.0613. The van der Waals surface area contributed by atoms with Crippen LogP contribution in [0.25, 0.3) is 0 Å². The van der Waals surface area contributed by atoms with Crippen molar-refractivity contribution in [2.45, 2.75) is 33.1 Å². The minimum absolute atomic E-state index is 0.0412. The van der Waals surface area contributed by atoms with Crippen LogP contribution in [-0.4, -0.2) is 73.2 Å². The smallest absolute Gasteiger partial charge is 0.239 e. The summed E-state index contributed by atoms with van der Waals surface area (Å²) in [4.78, 5) is 29.7. The fraction of sp³-hybridized carbons (Fsp3) is 0.750. The molecule has 9 heteroatoms. The second-order valence-corrected chi connectivity index (χ2v) is 7.04. The number of amides is 2. The Morgan fingerprint density at radius 3 is 2.72 bits per heavy atom. The lowest BCUT2D eigenvalue weighted by Crippen LogP contribution is -2.39.